The molecule has 1 rings (SSSR count). The van der Waals surface area contributed by atoms with Crippen molar-refractivity contribution >= 4 is 33.2 Å². The van der Waals surface area contributed by atoms with Gasteiger partial charge in [-0.1, -0.05) is 13.8 Å². The Hall–Kier alpha value is -0.390. The molecule has 5 heteroatoms. The van der Waals surface area contributed by atoms with Crippen molar-refractivity contribution in [3.63, 3.8) is 0 Å². The molecule has 0 saturated carbocycles. The van der Waals surface area contributed by atoms with E-state index >= 15 is 0 Å². The second-order valence-corrected chi connectivity index (χ2v) is 6.81. The first kappa shape index (κ1) is 15.7. The van der Waals surface area contributed by atoms with Gasteiger partial charge in [0, 0.05) is 23.9 Å². The van der Waals surface area contributed by atoms with Crippen molar-refractivity contribution in [3.05, 3.63) is 20.8 Å². The van der Waals surface area contributed by atoms with E-state index < -0.39 is 0 Å². The van der Waals surface area contributed by atoms with Gasteiger partial charge in [0.05, 0.1) is 10.3 Å². The summed E-state index contributed by atoms with van der Waals surface area (Å²) in [6.07, 6.45) is 0. The largest absolute Gasteiger partial charge is 0.338 e. The first-order chi connectivity index (χ1) is 8.58. The van der Waals surface area contributed by atoms with Crippen molar-refractivity contribution in [2.45, 2.75) is 27.3 Å². The van der Waals surface area contributed by atoms with Gasteiger partial charge in [0.15, 0.2) is 0 Å². The van der Waals surface area contributed by atoms with E-state index in [1.54, 1.807) is 11.3 Å². The molecule has 1 heterocycles. The molecule has 0 fully saturated rings. The number of hydrogen-bond acceptors (Lipinski definition) is 3. The highest BCUT2D eigenvalue weighted by molar-refractivity contribution is 9.11. The standard InChI is InChI=1S/C13H21BrN2OS/c1-4-15-8-10(3)13(17)16(5-2)9-11-6-7-12(14)18-11/h6-7,10,15H,4-5,8-9H2,1-3H3. The van der Waals surface area contributed by atoms with Crippen molar-refractivity contribution in [2.75, 3.05) is 19.6 Å². The summed E-state index contributed by atoms with van der Waals surface area (Å²) < 4.78 is 1.11. The van der Waals surface area contributed by atoms with Gasteiger partial charge in [0.1, 0.15) is 0 Å². The summed E-state index contributed by atoms with van der Waals surface area (Å²) in [6, 6.07) is 4.10. The predicted octanol–water partition coefficient (Wildman–Crippen LogP) is 3.10. The van der Waals surface area contributed by atoms with Gasteiger partial charge >= 0.3 is 0 Å². The van der Waals surface area contributed by atoms with E-state index in [1.165, 1.54) is 4.88 Å². The van der Waals surface area contributed by atoms with Crippen LogP contribution in [-0.2, 0) is 11.3 Å². The normalized spacial score (nSPS) is 12.4. The number of carbonyl (C=O) groups excluding carboxylic acids is 1. The van der Waals surface area contributed by atoms with Gasteiger partial charge in [0.25, 0.3) is 0 Å². The highest BCUT2D eigenvalue weighted by Gasteiger charge is 2.19. The van der Waals surface area contributed by atoms with Crippen molar-refractivity contribution in [3.8, 4) is 0 Å². The van der Waals surface area contributed by atoms with E-state index in [4.69, 9.17) is 0 Å². The van der Waals surface area contributed by atoms with Crippen molar-refractivity contribution in [2.24, 2.45) is 5.92 Å². The Balaban J connectivity index is 2.57. The molecule has 0 saturated heterocycles. The number of halogens is 1. The minimum Gasteiger partial charge on any atom is -0.338 e. The summed E-state index contributed by atoms with van der Waals surface area (Å²) in [5.74, 6) is 0.260. The van der Waals surface area contributed by atoms with E-state index in [1.807, 2.05) is 24.8 Å². The minimum atomic E-state index is 0.0355. The molecule has 1 N–H and O–H groups in total. The summed E-state index contributed by atoms with van der Waals surface area (Å²) in [5, 5.41) is 3.22. The van der Waals surface area contributed by atoms with Gasteiger partial charge < -0.3 is 10.2 Å². The van der Waals surface area contributed by atoms with Crippen LogP contribution in [-0.4, -0.2) is 30.4 Å². The fraction of sp³-hybridized carbons (Fsp3) is 0.615. The third kappa shape index (κ3) is 4.71. The maximum Gasteiger partial charge on any atom is 0.227 e. The summed E-state index contributed by atoms with van der Waals surface area (Å²) in [5.41, 5.74) is 0. The lowest BCUT2D eigenvalue weighted by molar-refractivity contribution is -0.135. The molecule has 1 aromatic rings. The Morgan fingerprint density at radius 1 is 1.50 bits per heavy atom. The fourth-order valence-electron chi connectivity index (χ4n) is 1.73. The maximum atomic E-state index is 12.3. The Morgan fingerprint density at radius 2 is 2.22 bits per heavy atom. The molecule has 102 valence electrons. The third-order valence-electron chi connectivity index (χ3n) is 2.79. The van der Waals surface area contributed by atoms with Crippen LogP contribution in [0.15, 0.2) is 15.9 Å². The number of rotatable bonds is 7. The van der Waals surface area contributed by atoms with Gasteiger partial charge in [-0.15, -0.1) is 11.3 Å². The summed E-state index contributed by atoms with van der Waals surface area (Å²) in [6.45, 7) is 9.19. The van der Waals surface area contributed by atoms with Gasteiger partial charge in [-0.3, -0.25) is 4.79 Å². The zero-order valence-electron chi connectivity index (χ0n) is 11.2. The molecule has 0 aromatic carbocycles. The molecule has 1 amide bonds. The van der Waals surface area contributed by atoms with Crippen LogP contribution in [0.25, 0.3) is 0 Å². The Morgan fingerprint density at radius 3 is 2.72 bits per heavy atom. The Bertz CT molecular complexity index is 381. The molecule has 0 spiro atoms. The van der Waals surface area contributed by atoms with Gasteiger partial charge in [-0.2, -0.15) is 0 Å². The van der Waals surface area contributed by atoms with Crippen LogP contribution in [0, 0.1) is 5.92 Å². The number of nitrogens with one attached hydrogen (secondary N) is 1. The molecule has 0 aliphatic heterocycles. The van der Waals surface area contributed by atoms with Gasteiger partial charge in [-0.25, -0.2) is 0 Å². The highest BCUT2D eigenvalue weighted by atomic mass is 79.9. The molecule has 3 nitrogen and oxygen atoms in total. The smallest absolute Gasteiger partial charge is 0.227 e. The molecule has 0 radical (unpaired) electrons. The Kier molecular flexibility index (Phi) is 6.89. The fourth-order valence-corrected chi connectivity index (χ4v) is 3.23. The zero-order chi connectivity index (χ0) is 13.5. The predicted molar refractivity (Wildman–Crippen MR) is 80.8 cm³/mol. The number of hydrogen-bond donors (Lipinski definition) is 1. The average Bonchev–Trinajstić information content (AvgIpc) is 2.77. The summed E-state index contributed by atoms with van der Waals surface area (Å²) in [4.78, 5) is 15.4. The van der Waals surface area contributed by atoms with E-state index in [0.29, 0.717) is 6.54 Å². The van der Waals surface area contributed by atoms with Crippen LogP contribution in [0.4, 0.5) is 0 Å². The molecule has 0 aliphatic carbocycles. The first-order valence-electron chi connectivity index (χ1n) is 6.32. The monoisotopic (exact) mass is 332 g/mol. The van der Waals surface area contributed by atoms with Crippen molar-refractivity contribution in [1.29, 1.82) is 0 Å². The van der Waals surface area contributed by atoms with Crippen LogP contribution in [0.5, 0.6) is 0 Å². The second kappa shape index (κ2) is 7.92. The molecule has 1 unspecified atom stereocenters. The summed E-state index contributed by atoms with van der Waals surface area (Å²) >= 11 is 5.13. The zero-order valence-corrected chi connectivity index (χ0v) is 13.6. The lowest BCUT2D eigenvalue weighted by atomic mass is 10.1. The molecule has 1 aromatic heterocycles. The minimum absolute atomic E-state index is 0.0355. The van der Waals surface area contributed by atoms with Crippen LogP contribution in [0.3, 0.4) is 0 Å². The number of thiophene rings is 1. The quantitative estimate of drug-likeness (QED) is 0.832. The third-order valence-corrected chi connectivity index (χ3v) is 4.40. The van der Waals surface area contributed by atoms with Crippen molar-refractivity contribution in [1.82, 2.24) is 10.2 Å². The Labute approximate surface area is 122 Å². The molecular formula is C13H21BrN2OS. The van der Waals surface area contributed by atoms with Crippen LogP contribution < -0.4 is 5.32 Å². The SMILES string of the molecule is CCNCC(C)C(=O)N(CC)Cc1ccc(Br)s1. The van der Waals surface area contributed by atoms with E-state index in [9.17, 15) is 4.79 Å². The molecule has 18 heavy (non-hydrogen) atoms. The maximum absolute atomic E-state index is 12.3. The lowest BCUT2D eigenvalue weighted by Gasteiger charge is -2.24. The molecule has 1 atom stereocenters. The molecular weight excluding hydrogens is 312 g/mol. The van der Waals surface area contributed by atoms with Crippen LogP contribution in [0.2, 0.25) is 0 Å². The summed E-state index contributed by atoms with van der Waals surface area (Å²) in [7, 11) is 0. The van der Waals surface area contributed by atoms with E-state index in [0.717, 1.165) is 23.4 Å². The van der Waals surface area contributed by atoms with Gasteiger partial charge in [-0.05, 0) is 41.5 Å². The molecule has 0 aliphatic rings. The number of amides is 1. The number of nitrogens with zero attached hydrogens (tertiary/aromatic N) is 1. The van der Waals surface area contributed by atoms with Crippen molar-refractivity contribution < 1.29 is 4.79 Å². The first-order valence-corrected chi connectivity index (χ1v) is 7.93. The van der Waals surface area contributed by atoms with Crippen LogP contribution >= 0.6 is 27.3 Å². The average molecular weight is 333 g/mol. The lowest BCUT2D eigenvalue weighted by Crippen LogP contribution is -2.38. The topological polar surface area (TPSA) is 32.3 Å². The van der Waals surface area contributed by atoms with E-state index in [2.05, 4.69) is 34.2 Å². The van der Waals surface area contributed by atoms with E-state index in [-0.39, 0.29) is 11.8 Å². The highest BCUT2D eigenvalue weighted by Crippen LogP contribution is 2.23. The number of carbonyl (C=O) groups is 1. The molecule has 0 bridgehead atoms. The van der Waals surface area contributed by atoms with Crippen LogP contribution in [0.1, 0.15) is 25.6 Å². The van der Waals surface area contributed by atoms with Gasteiger partial charge in [0.2, 0.25) is 5.91 Å². The second-order valence-electron chi connectivity index (χ2n) is 4.27.